The van der Waals surface area contributed by atoms with Gasteiger partial charge in [0.25, 0.3) is 0 Å². The van der Waals surface area contributed by atoms with E-state index in [4.69, 9.17) is 23.2 Å². The molecule has 16 nitrogen and oxygen atoms in total. The summed E-state index contributed by atoms with van der Waals surface area (Å²) < 4.78 is 19.4. The number of carbonyl (C=O) groups is 5. The Morgan fingerprint density at radius 1 is 0.945 bits per heavy atom. The Labute approximate surface area is 433 Å². The van der Waals surface area contributed by atoms with Gasteiger partial charge in [-0.3, -0.25) is 53.5 Å². The number of hydrogen-bond donors (Lipinski definition) is 5. The number of anilines is 1. The lowest BCUT2D eigenvalue weighted by molar-refractivity contribution is -0.146. The molecule has 2 spiro atoms. The van der Waals surface area contributed by atoms with Crippen molar-refractivity contribution in [2.45, 2.75) is 132 Å². The SMILES string of the molecule is Cn1c(=O)n(C2CCC(=O)NC2=O)c2ccc(C#CCCCN3CCN(CC4CCC(NC(=O)[C@@H]5NC6(CCC(C)(C)CC6)[C@@]6(C(=O)Nc7cc(Cl)ccc76)[C@H]5c5ccnc(Cl)c5F)CC4)[C@H](C(=O)O)C3)cc21. The average Bonchev–Trinajstić information content (AvgIpc) is 3.91. The monoisotopic (exact) mass is 1040 g/mol. The van der Waals surface area contributed by atoms with Gasteiger partial charge in [-0.05, 0) is 130 Å². The van der Waals surface area contributed by atoms with Crippen molar-refractivity contribution in [2.75, 3.05) is 38.0 Å². The average molecular weight is 1040 g/mol. The topological polar surface area (TPSA) is 200 Å². The van der Waals surface area contributed by atoms with E-state index in [1.54, 1.807) is 31.3 Å². The molecule has 2 aromatic heterocycles. The van der Waals surface area contributed by atoms with Crippen molar-refractivity contribution >= 4 is 69.5 Å². The maximum absolute atomic E-state index is 16.4. The number of hydrogen-bond acceptors (Lipinski definition) is 10. The number of pyridine rings is 1. The predicted molar refractivity (Wildman–Crippen MR) is 274 cm³/mol. The van der Waals surface area contributed by atoms with Crippen molar-refractivity contribution in [1.29, 1.82) is 0 Å². The second kappa shape index (κ2) is 19.9. The Morgan fingerprint density at radius 2 is 1.71 bits per heavy atom. The van der Waals surface area contributed by atoms with Crippen LogP contribution in [0.3, 0.4) is 0 Å². The lowest BCUT2D eigenvalue weighted by Crippen LogP contribution is -2.61. The van der Waals surface area contributed by atoms with Crippen molar-refractivity contribution in [3.63, 3.8) is 0 Å². The van der Waals surface area contributed by atoms with E-state index in [9.17, 15) is 33.9 Å². The molecule has 4 aromatic rings. The molecule has 10 rings (SSSR count). The van der Waals surface area contributed by atoms with Gasteiger partial charge < -0.3 is 15.7 Å². The van der Waals surface area contributed by atoms with Gasteiger partial charge in [0.2, 0.25) is 23.6 Å². The Hall–Kier alpha value is -5.64. The summed E-state index contributed by atoms with van der Waals surface area (Å²) in [4.78, 5) is 88.2. The fraction of sp³-hybridized carbons (Fsp3) is 0.537. The number of aliphatic carboxylic acids is 1. The van der Waals surface area contributed by atoms with Gasteiger partial charge in [0, 0.05) is 86.0 Å². The number of fused-ring (bicyclic) bond motifs is 4. The number of piperidine rings is 1. The molecule has 2 saturated carbocycles. The minimum absolute atomic E-state index is 0.00486. The van der Waals surface area contributed by atoms with E-state index in [2.05, 4.69) is 61.7 Å². The molecule has 386 valence electrons. The first-order chi connectivity index (χ1) is 34.9. The molecule has 5 fully saturated rings. The number of carboxylic acid groups (broad SMARTS) is 1. The van der Waals surface area contributed by atoms with Gasteiger partial charge >= 0.3 is 11.7 Å². The molecular weight excluding hydrogens is 977 g/mol. The minimum atomic E-state index is -1.37. The third kappa shape index (κ3) is 9.25. The van der Waals surface area contributed by atoms with Crippen LogP contribution in [0, 0.1) is 29.0 Å². The molecule has 5 atom stereocenters. The van der Waals surface area contributed by atoms with E-state index in [1.165, 1.54) is 15.3 Å². The number of carboxylic acids is 1. The van der Waals surface area contributed by atoms with Crippen LogP contribution in [0.25, 0.3) is 11.0 Å². The van der Waals surface area contributed by atoms with Crippen LogP contribution in [0.5, 0.6) is 0 Å². The van der Waals surface area contributed by atoms with Gasteiger partial charge in [-0.1, -0.05) is 55.0 Å². The first kappa shape index (κ1) is 50.9. The molecule has 1 unspecified atom stereocenters. The van der Waals surface area contributed by atoms with E-state index in [1.807, 2.05) is 18.2 Å². The second-order valence-corrected chi connectivity index (χ2v) is 22.8. The van der Waals surface area contributed by atoms with Crippen LogP contribution in [0.1, 0.15) is 120 Å². The molecule has 19 heteroatoms. The summed E-state index contributed by atoms with van der Waals surface area (Å²) in [7, 11) is 1.65. The molecule has 4 aliphatic heterocycles. The van der Waals surface area contributed by atoms with Crippen molar-refractivity contribution < 1.29 is 33.5 Å². The first-order valence-corrected chi connectivity index (χ1v) is 26.4. The summed E-state index contributed by atoms with van der Waals surface area (Å²) in [5.41, 5.74) is 0.753. The number of carbonyl (C=O) groups excluding carboxylic acids is 4. The lowest BCUT2D eigenvalue weighted by Gasteiger charge is -2.50. The van der Waals surface area contributed by atoms with Gasteiger partial charge in [-0.25, -0.2) is 14.2 Å². The number of aromatic nitrogens is 3. The smallest absolute Gasteiger partial charge is 0.329 e. The second-order valence-electron chi connectivity index (χ2n) is 22.0. The molecular formula is C54H62Cl2FN9O7. The Morgan fingerprint density at radius 3 is 2.45 bits per heavy atom. The minimum Gasteiger partial charge on any atom is -0.480 e. The van der Waals surface area contributed by atoms with Crippen LogP contribution in [0.4, 0.5) is 10.1 Å². The zero-order chi connectivity index (χ0) is 51.6. The quantitative estimate of drug-likeness (QED) is 0.0539. The van der Waals surface area contributed by atoms with Crippen LogP contribution in [0.2, 0.25) is 10.2 Å². The number of halogens is 3. The van der Waals surface area contributed by atoms with Gasteiger partial charge in [0.05, 0.1) is 17.1 Å². The standard InChI is InChI=1S/C54H62Cl2FN9O7/c1-52(2)19-21-53(22-20-52)54(36-14-11-33(55)28-37(36)60-50(54)72)43(35-18-23-58-46(56)44(35)57)45(62-53)48(69)59-34-12-8-32(9-13-34)29-65-26-25-64(30-41(65)49(70)71)24-6-4-5-7-31-10-15-38-40(27-31)63(3)51(73)66(38)39-16-17-42(67)61-47(39)68/h10-11,14-15,18,23,27-28,32,34,39,41,43,45,62H,4,6,8-9,12-13,16-17,19-22,24-26,29-30H2,1-3H3,(H,59,69)(H,60,72)(H,70,71)(H,61,67,68)/t32?,34?,39?,41-,43-,45+,54+/m0/s1. The summed E-state index contributed by atoms with van der Waals surface area (Å²) in [5, 5.41) is 23.0. The van der Waals surface area contributed by atoms with E-state index in [0.717, 1.165) is 44.2 Å². The number of nitrogens with zero attached hydrogens (tertiary/aromatic N) is 5. The summed E-state index contributed by atoms with van der Waals surface area (Å²) in [6, 6.07) is 9.69. The van der Waals surface area contributed by atoms with Crippen LogP contribution in [-0.4, -0.2) is 115 Å². The molecule has 73 heavy (non-hydrogen) atoms. The van der Waals surface area contributed by atoms with E-state index >= 15 is 4.39 Å². The van der Waals surface area contributed by atoms with Crippen molar-refractivity contribution in [2.24, 2.45) is 18.4 Å². The van der Waals surface area contributed by atoms with Gasteiger partial charge in [-0.2, -0.15) is 0 Å². The Balaban J connectivity index is 0.757. The van der Waals surface area contributed by atoms with Crippen LogP contribution in [-0.2, 0) is 36.4 Å². The molecule has 2 aromatic carbocycles. The molecule has 5 N–H and O–H groups in total. The zero-order valence-electron chi connectivity index (χ0n) is 41.4. The maximum Gasteiger partial charge on any atom is 0.329 e. The number of nitrogens with one attached hydrogen (secondary N) is 4. The third-order valence-electron chi connectivity index (χ3n) is 17.1. The number of amides is 4. The fourth-order valence-corrected chi connectivity index (χ4v) is 13.5. The number of imidazole rings is 1. The van der Waals surface area contributed by atoms with E-state index in [0.29, 0.717) is 85.6 Å². The van der Waals surface area contributed by atoms with Gasteiger partial charge in [0.1, 0.15) is 17.5 Å². The highest BCUT2D eigenvalue weighted by Crippen LogP contribution is 2.64. The van der Waals surface area contributed by atoms with Crippen LogP contribution in [0.15, 0.2) is 53.5 Å². The Kier molecular flexibility index (Phi) is 13.9. The van der Waals surface area contributed by atoms with Gasteiger partial charge in [-0.15, -0.1) is 0 Å². The number of piperazine rings is 1. The molecule has 3 saturated heterocycles. The highest BCUT2D eigenvalue weighted by molar-refractivity contribution is 6.31. The Bertz CT molecular complexity index is 3020. The number of rotatable bonds is 10. The largest absolute Gasteiger partial charge is 0.480 e. The molecule has 0 bridgehead atoms. The predicted octanol–water partition coefficient (Wildman–Crippen LogP) is 6.02. The van der Waals surface area contributed by atoms with Crippen molar-refractivity contribution in [1.82, 2.24) is 39.9 Å². The zero-order valence-corrected chi connectivity index (χ0v) is 42.9. The van der Waals surface area contributed by atoms with Crippen LogP contribution >= 0.6 is 23.2 Å². The molecule has 6 heterocycles. The van der Waals surface area contributed by atoms with Gasteiger partial charge in [0.15, 0.2) is 11.0 Å². The molecule has 4 amide bonds. The van der Waals surface area contributed by atoms with E-state index < -0.39 is 52.7 Å². The number of benzene rings is 2. The number of imide groups is 1. The molecule has 2 aliphatic carbocycles. The summed E-state index contributed by atoms with van der Waals surface area (Å²) >= 11 is 12.8. The molecule has 6 aliphatic rings. The fourth-order valence-electron chi connectivity index (χ4n) is 13.2. The van der Waals surface area contributed by atoms with E-state index in [-0.39, 0.29) is 64.3 Å². The summed E-state index contributed by atoms with van der Waals surface area (Å²) in [6.07, 6.45) is 8.90. The van der Waals surface area contributed by atoms with Crippen LogP contribution < -0.4 is 27.0 Å². The van der Waals surface area contributed by atoms with Crippen molar-refractivity contribution in [3.05, 3.63) is 91.8 Å². The number of unbranched alkanes of at least 4 members (excludes halogenated alkanes) is 1. The summed E-state index contributed by atoms with van der Waals surface area (Å²) in [5.74, 6) is 2.64. The highest BCUT2D eigenvalue weighted by Gasteiger charge is 2.73. The maximum atomic E-state index is 16.4. The normalized spacial score (nSPS) is 27.9. The first-order valence-electron chi connectivity index (χ1n) is 25.6. The lowest BCUT2D eigenvalue weighted by atomic mass is 9.53. The molecule has 0 radical (unpaired) electrons. The van der Waals surface area contributed by atoms with Crippen molar-refractivity contribution in [3.8, 4) is 11.8 Å². The number of aryl methyl sites for hydroxylation is 1. The summed E-state index contributed by atoms with van der Waals surface area (Å²) in [6.45, 7) is 7.50. The third-order valence-corrected chi connectivity index (χ3v) is 17.6. The highest BCUT2D eigenvalue weighted by atomic mass is 35.5.